The fraction of sp³-hybridized carbons (Fsp3) is 0.435. The summed E-state index contributed by atoms with van der Waals surface area (Å²) in [5.74, 6) is 1.53. The van der Waals surface area contributed by atoms with Crippen LogP contribution in [0, 0.1) is 0 Å². The van der Waals surface area contributed by atoms with Crippen molar-refractivity contribution in [2.45, 2.75) is 49.6 Å². The quantitative estimate of drug-likeness (QED) is 0.453. The van der Waals surface area contributed by atoms with Crippen LogP contribution in [0.5, 0.6) is 17.2 Å². The molecule has 0 amide bonds. The Balaban J connectivity index is 1.72. The van der Waals surface area contributed by atoms with E-state index < -0.39 is 10.0 Å². The van der Waals surface area contributed by atoms with Gasteiger partial charge in [-0.1, -0.05) is 25.3 Å². The third-order valence-corrected chi connectivity index (χ3v) is 8.02. The standard InChI is InChI=1S/C23H29N5O5S/c1-31-21-12-9-17(13-23(21)33-3)15-28(18-7-5-4-6-8-18)34(29,30)19-10-11-20(22(14-19)32-2)27-16-24-25-26-27/h9-14,16,18H,4-8,15H2,1-3H3. The van der Waals surface area contributed by atoms with E-state index in [0.717, 1.165) is 37.7 Å². The molecule has 0 radical (unpaired) electrons. The van der Waals surface area contributed by atoms with E-state index in [9.17, 15) is 8.42 Å². The van der Waals surface area contributed by atoms with Crippen molar-refractivity contribution in [1.82, 2.24) is 24.5 Å². The van der Waals surface area contributed by atoms with Gasteiger partial charge >= 0.3 is 0 Å². The van der Waals surface area contributed by atoms with Crippen molar-refractivity contribution in [2.75, 3.05) is 21.3 Å². The highest BCUT2D eigenvalue weighted by molar-refractivity contribution is 7.89. The molecule has 1 fully saturated rings. The molecule has 1 aliphatic rings. The lowest BCUT2D eigenvalue weighted by Crippen LogP contribution is -2.40. The minimum atomic E-state index is -3.83. The Kier molecular flexibility index (Phi) is 7.32. The molecule has 1 aliphatic carbocycles. The van der Waals surface area contributed by atoms with E-state index in [-0.39, 0.29) is 17.5 Å². The molecule has 3 aromatic rings. The summed E-state index contributed by atoms with van der Waals surface area (Å²) in [6, 6.07) is 10.1. The fourth-order valence-corrected chi connectivity index (χ4v) is 6.04. The van der Waals surface area contributed by atoms with E-state index in [1.807, 2.05) is 12.1 Å². The summed E-state index contributed by atoms with van der Waals surface area (Å²) in [5.41, 5.74) is 1.37. The van der Waals surface area contributed by atoms with Gasteiger partial charge in [-0.25, -0.2) is 8.42 Å². The van der Waals surface area contributed by atoms with Crippen LogP contribution in [0.2, 0.25) is 0 Å². The molecule has 1 saturated carbocycles. The highest BCUT2D eigenvalue weighted by Crippen LogP contribution is 2.34. The molecule has 1 aromatic heterocycles. The number of tetrazole rings is 1. The molecule has 0 unspecified atom stereocenters. The molecule has 0 bridgehead atoms. The van der Waals surface area contributed by atoms with Crippen LogP contribution in [0.25, 0.3) is 5.69 Å². The van der Waals surface area contributed by atoms with Gasteiger partial charge in [0.25, 0.3) is 0 Å². The summed E-state index contributed by atoms with van der Waals surface area (Å²) >= 11 is 0. The molecule has 11 heteroatoms. The molecule has 2 aromatic carbocycles. The van der Waals surface area contributed by atoms with Crippen molar-refractivity contribution >= 4 is 10.0 Å². The van der Waals surface area contributed by atoms with E-state index in [1.54, 1.807) is 36.7 Å². The van der Waals surface area contributed by atoms with Crippen LogP contribution in [-0.2, 0) is 16.6 Å². The van der Waals surface area contributed by atoms with Crippen molar-refractivity contribution in [2.24, 2.45) is 0 Å². The van der Waals surface area contributed by atoms with Crippen LogP contribution >= 0.6 is 0 Å². The number of sulfonamides is 1. The average Bonchev–Trinajstić information content (AvgIpc) is 3.42. The predicted octanol–water partition coefficient (Wildman–Crippen LogP) is 3.21. The first kappa shape index (κ1) is 24.0. The maximum atomic E-state index is 13.9. The minimum absolute atomic E-state index is 0.0861. The summed E-state index contributed by atoms with van der Waals surface area (Å²) in [6.45, 7) is 0.227. The maximum Gasteiger partial charge on any atom is 0.243 e. The number of methoxy groups -OCH3 is 3. The molecular formula is C23H29N5O5S. The lowest BCUT2D eigenvalue weighted by molar-refractivity contribution is 0.247. The van der Waals surface area contributed by atoms with Crippen molar-refractivity contribution in [3.05, 3.63) is 48.3 Å². The Morgan fingerprint density at radius 2 is 1.68 bits per heavy atom. The van der Waals surface area contributed by atoms with Crippen molar-refractivity contribution in [3.8, 4) is 22.9 Å². The third kappa shape index (κ3) is 4.85. The van der Waals surface area contributed by atoms with Gasteiger partial charge in [-0.3, -0.25) is 0 Å². The van der Waals surface area contributed by atoms with Crippen LogP contribution in [0.1, 0.15) is 37.7 Å². The molecule has 0 spiro atoms. The third-order valence-electron chi connectivity index (χ3n) is 6.12. The smallest absolute Gasteiger partial charge is 0.243 e. The molecule has 0 aliphatic heterocycles. The number of benzene rings is 2. The minimum Gasteiger partial charge on any atom is -0.494 e. The van der Waals surface area contributed by atoms with Gasteiger partial charge in [0.2, 0.25) is 10.0 Å². The van der Waals surface area contributed by atoms with Gasteiger partial charge in [0.15, 0.2) is 11.5 Å². The first-order valence-electron chi connectivity index (χ1n) is 11.1. The summed E-state index contributed by atoms with van der Waals surface area (Å²) in [4.78, 5) is 0.159. The zero-order valence-corrected chi connectivity index (χ0v) is 20.4. The van der Waals surface area contributed by atoms with E-state index in [4.69, 9.17) is 14.2 Å². The highest BCUT2D eigenvalue weighted by atomic mass is 32.2. The summed E-state index contributed by atoms with van der Waals surface area (Å²) in [6.07, 6.45) is 6.21. The molecule has 182 valence electrons. The van der Waals surface area contributed by atoms with Crippen LogP contribution in [0.4, 0.5) is 0 Å². The first-order valence-corrected chi connectivity index (χ1v) is 12.6. The fourth-order valence-electron chi connectivity index (χ4n) is 4.35. The van der Waals surface area contributed by atoms with Gasteiger partial charge in [0, 0.05) is 18.7 Å². The Morgan fingerprint density at radius 3 is 2.32 bits per heavy atom. The molecule has 0 atom stereocenters. The second-order valence-electron chi connectivity index (χ2n) is 8.12. The van der Waals surface area contributed by atoms with Crippen molar-refractivity contribution in [3.63, 3.8) is 0 Å². The van der Waals surface area contributed by atoms with E-state index in [1.165, 1.54) is 24.2 Å². The lowest BCUT2D eigenvalue weighted by Gasteiger charge is -2.33. The molecule has 4 rings (SSSR count). The van der Waals surface area contributed by atoms with Crippen molar-refractivity contribution in [1.29, 1.82) is 0 Å². The van der Waals surface area contributed by atoms with E-state index in [0.29, 0.717) is 22.9 Å². The number of nitrogens with zero attached hydrogens (tertiary/aromatic N) is 5. The summed E-state index contributed by atoms with van der Waals surface area (Å²) in [5, 5.41) is 11.2. The average molecular weight is 488 g/mol. The zero-order valence-electron chi connectivity index (χ0n) is 19.5. The summed E-state index contributed by atoms with van der Waals surface area (Å²) < 4.78 is 47.2. The van der Waals surface area contributed by atoms with E-state index in [2.05, 4.69) is 15.5 Å². The first-order chi connectivity index (χ1) is 16.5. The Labute approximate surface area is 199 Å². The highest BCUT2D eigenvalue weighted by Gasteiger charge is 2.33. The molecule has 0 saturated heterocycles. The van der Waals surface area contributed by atoms with Crippen LogP contribution in [0.15, 0.2) is 47.6 Å². The number of aromatic nitrogens is 4. The Bertz CT molecular complexity index is 1210. The predicted molar refractivity (Wildman–Crippen MR) is 125 cm³/mol. The molecule has 1 heterocycles. The second-order valence-corrected chi connectivity index (χ2v) is 10.0. The van der Waals surface area contributed by atoms with Gasteiger partial charge in [0.1, 0.15) is 17.8 Å². The number of hydrogen-bond donors (Lipinski definition) is 0. The molecule has 34 heavy (non-hydrogen) atoms. The van der Waals surface area contributed by atoms with Gasteiger partial charge in [-0.05, 0) is 53.1 Å². The zero-order chi connectivity index (χ0) is 24.1. The molecular weight excluding hydrogens is 458 g/mol. The largest absolute Gasteiger partial charge is 0.494 e. The Hall–Kier alpha value is -3.18. The van der Waals surface area contributed by atoms with E-state index >= 15 is 0 Å². The monoisotopic (exact) mass is 487 g/mol. The molecule has 10 nitrogen and oxygen atoms in total. The van der Waals surface area contributed by atoms with Crippen molar-refractivity contribution < 1.29 is 22.6 Å². The van der Waals surface area contributed by atoms with Crippen LogP contribution in [-0.4, -0.2) is 60.3 Å². The normalized spacial score (nSPS) is 14.8. The maximum absolute atomic E-state index is 13.9. The van der Waals surface area contributed by atoms with Gasteiger partial charge in [-0.15, -0.1) is 5.10 Å². The Morgan fingerprint density at radius 1 is 0.941 bits per heavy atom. The number of ether oxygens (including phenoxy) is 3. The lowest BCUT2D eigenvalue weighted by atomic mass is 9.95. The van der Waals surface area contributed by atoms with Crippen LogP contribution in [0.3, 0.4) is 0 Å². The second kappa shape index (κ2) is 10.4. The SMILES string of the molecule is COc1ccc(CN(C2CCCCC2)S(=O)(=O)c2ccc(-n3cnnn3)c(OC)c2)cc1OC. The molecule has 0 N–H and O–H groups in total. The topological polar surface area (TPSA) is 109 Å². The van der Waals surface area contributed by atoms with Gasteiger partial charge in [-0.2, -0.15) is 8.99 Å². The number of rotatable bonds is 9. The van der Waals surface area contributed by atoms with Gasteiger partial charge < -0.3 is 14.2 Å². The summed E-state index contributed by atoms with van der Waals surface area (Å²) in [7, 11) is 0.794. The van der Waals surface area contributed by atoms with Gasteiger partial charge in [0.05, 0.1) is 26.2 Å². The number of hydrogen-bond acceptors (Lipinski definition) is 8. The van der Waals surface area contributed by atoms with Crippen LogP contribution < -0.4 is 14.2 Å².